The molecule has 2 amide bonds. The van der Waals surface area contributed by atoms with Gasteiger partial charge in [0.15, 0.2) is 0 Å². The molecule has 28 heavy (non-hydrogen) atoms. The molecule has 5 nitrogen and oxygen atoms in total. The minimum Gasteiger partial charge on any atom is -0.287 e. The van der Waals surface area contributed by atoms with Gasteiger partial charge in [-0.05, 0) is 54.4 Å². The van der Waals surface area contributed by atoms with Gasteiger partial charge in [-0.15, -0.1) is 0 Å². The summed E-state index contributed by atoms with van der Waals surface area (Å²) in [6.45, 7) is 2.08. The summed E-state index contributed by atoms with van der Waals surface area (Å²) in [7, 11) is -4.01. The van der Waals surface area contributed by atoms with E-state index in [-0.39, 0.29) is 11.4 Å². The highest BCUT2D eigenvalue weighted by atomic mass is 35.5. The molecule has 0 unspecified atom stereocenters. The Bertz CT molecular complexity index is 1160. The number of sulfonamides is 1. The van der Waals surface area contributed by atoms with E-state index in [0.29, 0.717) is 16.4 Å². The molecule has 0 saturated carbocycles. The number of hydrogen-bond acceptors (Lipinski definition) is 3. The second kappa shape index (κ2) is 6.96. The minimum absolute atomic E-state index is 0.102. The number of anilines is 2. The normalized spacial score (nSPS) is 15.4. The standard InChI is InChI=1S/C21H17ClN2O3S/c1-15-5-4-6-18(13-15)24-21(25)23(14-16-9-11-17(22)12-10-16)19-7-2-3-8-20(19)28(24,26)27/h2-13H,14H2,1H3. The molecule has 1 aliphatic heterocycles. The molecule has 0 spiro atoms. The summed E-state index contributed by atoms with van der Waals surface area (Å²) in [4.78, 5) is 14.9. The van der Waals surface area contributed by atoms with E-state index in [4.69, 9.17) is 11.6 Å². The predicted octanol–water partition coefficient (Wildman–Crippen LogP) is 4.98. The van der Waals surface area contributed by atoms with E-state index in [9.17, 15) is 13.2 Å². The number of para-hydroxylation sites is 1. The van der Waals surface area contributed by atoms with Crippen molar-refractivity contribution >= 4 is 39.0 Å². The van der Waals surface area contributed by atoms with Crippen molar-refractivity contribution < 1.29 is 13.2 Å². The SMILES string of the molecule is Cc1cccc(N2C(=O)N(Cc3ccc(Cl)cc3)c3ccccc3S2(=O)=O)c1. The van der Waals surface area contributed by atoms with Gasteiger partial charge in [-0.25, -0.2) is 13.2 Å². The van der Waals surface area contributed by atoms with Crippen molar-refractivity contribution in [1.29, 1.82) is 0 Å². The molecule has 0 aliphatic carbocycles. The Kier molecular flexibility index (Phi) is 4.61. The van der Waals surface area contributed by atoms with Crippen LogP contribution in [0.1, 0.15) is 11.1 Å². The first-order chi connectivity index (χ1) is 13.4. The van der Waals surface area contributed by atoms with E-state index in [1.807, 2.05) is 25.1 Å². The van der Waals surface area contributed by atoms with Gasteiger partial charge in [0.25, 0.3) is 10.0 Å². The fourth-order valence-corrected chi connectivity index (χ4v) is 4.95. The van der Waals surface area contributed by atoms with Crippen LogP contribution in [0, 0.1) is 6.92 Å². The topological polar surface area (TPSA) is 57.7 Å². The van der Waals surface area contributed by atoms with Crippen molar-refractivity contribution in [2.45, 2.75) is 18.4 Å². The number of carbonyl (C=O) groups excluding carboxylic acids is 1. The zero-order chi connectivity index (χ0) is 19.9. The molecule has 3 aromatic rings. The third-order valence-corrected chi connectivity index (χ3v) is 6.57. The third kappa shape index (κ3) is 3.15. The van der Waals surface area contributed by atoms with E-state index < -0.39 is 16.1 Å². The van der Waals surface area contributed by atoms with Crippen LogP contribution in [0.15, 0.2) is 77.7 Å². The number of halogens is 1. The number of urea groups is 1. The zero-order valence-corrected chi connectivity index (χ0v) is 16.6. The number of fused-ring (bicyclic) bond motifs is 1. The van der Waals surface area contributed by atoms with Crippen LogP contribution in [0.3, 0.4) is 0 Å². The second-order valence-corrected chi connectivity index (χ2v) is 8.76. The highest BCUT2D eigenvalue weighted by Crippen LogP contribution is 2.38. The van der Waals surface area contributed by atoms with Crippen molar-refractivity contribution in [3.63, 3.8) is 0 Å². The minimum atomic E-state index is -4.01. The fourth-order valence-electron chi connectivity index (χ4n) is 3.24. The number of hydrogen-bond donors (Lipinski definition) is 0. The molecule has 0 atom stereocenters. The van der Waals surface area contributed by atoms with Gasteiger partial charge >= 0.3 is 6.03 Å². The number of carbonyl (C=O) groups is 1. The lowest BCUT2D eigenvalue weighted by molar-refractivity contribution is 0.253. The van der Waals surface area contributed by atoms with Crippen LogP contribution in [0.4, 0.5) is 16.2 Å². The van der Waals surface area contributed by atoms with E-state index in [1.165, 1.54) is 11.0 Å². The molecule has 3 aromatic carbocycles. The summed E-state index contributed by atoms with van der Waals surface area (Å²) < 4.78 is 27.3. The van der Waals surface area contributed by atoms with Crippen molar-refractivity contribution in [2.24, 2.45) is 0 Å². The van der Waals surface area contributed by atoms with Crippen LogP contribution in [0.25, 0.3) is 0 Å². The first kappa shape index (κ1) is 18.5. The number of amides is 2. The van der Waals surface area contributed by atoms with Crippen LogP contribution < -0.4 is 9.21 Å². The summed E-state index contributed by atoms with van der Waals surface area (Å²) >= 11 is 5.95. The maximum absolute atomic E-state index is 13.3. The molecule has 7 heteroatoms. The van der Waals surface area contributed by atoms with E-state index in [2.05, 4.69) is 0 Å². The van der Waals surface area contributed by atoms with Crippen LogP contribution >= 0.6 is 11.6 Å². The molecule has 0 bridgehead atoms. The molecule has 1 aliphatic rings. The lowest BCUT2D eigenvalue weighted by atomic mass is 10.2. The zero-order valence-electron chi connectivity index (χ0n) is 15.0. The summed E-state index contributed by atoms with van der Waals surface area (Å²) in [6.07, 6.45) is 0. The summed E-state index contributed by atoms with van der Waals surface area (Å²) in [6, 6.07) is 19.9. The summed E-state index contributed by atoms with van der Waals surface area (Å²) in [5.74, 6) is 0. The van der Waals surface area contributed by atoms with Gasteiger partial charge in [0.2, 0.25) is 0 Å². The Morgan fingerprint density at radius 2 is 1.64 bits per heavy atom. The van der Waals surface area contributed by atoms with Gasteiger partial charge in [0.1, 0.15) is 4.90 Å². The Morgan fingerprint density at radius 3 is 2.36 bits per heavy atom. The number of aryl methyl sites for hydroxylation is 1. The summed E-state index contributed by atoms with van der Waals surface area (Å²) in [5, 5.41) is 0.595. The van der Waals surface area contributed by atoms with Crippen LogP contribution in [-0.2, 0) is 16.6 Å². The Labute approximate surface area is 168 Å². The largest absolute Gasteiger partial charge is 0.343 e. The predicted molar refractivity (Wildman–Crippen MR) is 110 cm³/mol. The monoisotopic (exact) mass is 412 g/mol. The Morgan fingerprint density at radius 1 is 0.929 bits per heavy atom. The van der Waals surface area contributed by atoms with Gasteiger partial charge in [-0.3, -0.25) is 4.90 Å². The first-order valence-electron chi connectivity index (χ1n) is 8.65. The molecule has 0 N–H and O–H groups in total. The van der Waals surface area contributed by atoms with Crippen LogP contribution in [0.2, 0.25) is 5.02 Å². The molecular weight excluding hydrogens is 396 g/mol. The lowest BCUT2D eigenvalue weighted by Gasteiger charge is -2.36. The molecule has 1 heterocycles. The van der Waals surface area contributed by atoms with Crippen LogP contribution in [-0.4, -0.2) is 14.4 Å². The molecular formula is C21H17ClN2O3S. The lowest BCUT2D eigenvalue weighted by Crippen LogP contribution is -2.50. The van der Waals surface area contributed by atoms with Crippen LogP contribution in [0.5, 0.6) is 0 Å². The third-order valence-electron chi connectivity index (χ3n) is 4.57. The average Bonchev–Trinajstić information content (AvgIpc) is 2.67. The quantitative estimate of drug-likeness (QED) is 0.609. The van der Waals surface area contributed by atoms with Crippen molar-refractivity contribution in [1.82, 2.24) is 0 Å². The Balaban J connectivity index is 1.86. The Hall–Kier alpha value is -2.83. The summed E-state index contributed by atoms with van der Waals surface area (Å²) in [5.41, 5.74) is 2.40. The van der Waals surface area contributed by atoms with Crippen molar-refractivity contribution in [3.05, 3.63) is 88.9 Å². The van der Waals surface area contributed by atoms with Crippen molar-refractivity contribution in [2.75, 3.05) is 9.21 Å². The first-order valence-corrected chi connectivity index (χ1v) is 10.5. The molecule has 142 valence electrons. The fraction of sp³-hybridized carbons (Fsp3) is 0.0952. The molecule has 4 rings (SSSR count). The van der Waals surface area contributed by atoms with Gasteiger partial charge in [0.05, 0.1) is 17.9 Å². The van der Waals surface area contributed by atoms with E-state index >= 15 is 0 Å². The highest BCUT2D eigenvalue weighted by molar-refractivity contribution is 7.94. The maximum atomic E-state index is 13.3. The molecule has 0 saturated heterocycles. The van der Waals surface area contributed by atoms with E-state index in [0.717, 1.165) is 15.4 Å². The van der Waals surface area contributed by atoms with Gasteiger partial charge in [0, 0.05) is 5.02 Å². The van der Waals surface area contributed by atoms with E-state index in [1.54, 1.807) is 48.5 Å². The highest BCUT2D eigenvalue weighted by Gasteiger charge is 2.42. The van der Waals surface area contributed by atoms with Gasteiger partial charge in [-0.1, -0.05) is 48.0 Å². The average molecular weight is 413 g/mol. The van der Waals surface area contributed by atoms with Gasteiger partial charge < -0.3 is 0 Å². The molecule has 0 aromatic heterocycles. The molecule has 0 fully saturated rings. The molecule has 0 radical (unpaired) electrons. The number of benzene rings is 3. The number of rotatable bonds is 3. The second-order valence-electron chi connectivity index (χ2n) is 6.57. The van der Waals surface area contributed by atoms with Gasteiger partial charge in [-0.2, -0.15) is 4.31 Å². The smallest absolute Gasteiger partial charge is 0.287 e. The van der Waals surface area contributed by atoms with Crippen molar-refractivity contribution in [3.8, 4) is 0 Å². The number of nitrogens with zero attached hydrogens (tertiary/aromatic N) is 2. The maximum Gasteiger partial charge on any atom is 0.343 e.